The summed E-state index contributed by atoms with van der Waals surface area (Å²) in [5, 5.41) is 0. The first-order valence-corrected chi connectivity index (χ1v) is 9.06. The monoisotopic (exact) mass is 355 g/mol. The van der Waals surface area contributed by atoms with Crippen molar-refractivity contribution < 1.29 is 13.2 Å². The molecule has 2 aromatic heterocycles. The fourth-order valence-corrected chi connectivity index (χ4v) is 3.37. The smallest absolute Gasteiger partial charge is 0.240 e. The second-order valence-electron chi connectivity index (χ2n) is 5.25. The largest absolute Gasteiger partial charge is 0.497 e. The van der Waals surface area contributed by atoms with E-state index < -0.39 is 10.0 Å². The summed E-state index contributed by atoms with van der Waals surface area (Å²) in [5.74, 6) is 0.603. The van der Waals surface area contributed by atoms with Gasteiger partial charge in [0.1, 0.15) is 5.75 Å². The number of methoxy groups -OCH3 is 1. The predicted octanol–water partition coefficient (Wildman–Crippen LogP) is 2.63. The van der Waals surface area contributed by atoms with Gasteiger partial charge in [-0.2, -0.15) is 0 Å². The Morgan fingerprint density at radius 1 is 1.00 bits per heavy atom. The van der Waals surface area contributed by atoms with Gasteiger partial charge in [-0.25, -0.2) is 13.1 Å². The number of ether oxygens (including phenoxy) is 1. The Kier molecular flexibility index (Phi) is 5.06. The highest BCUT2D eigenvalue weighted by molar-refractivity contribution is 7.89. The van der Waals surface area contributed by atoms with Gasteiger partial charge < -0.3 is 4.74 Å². The van der Waals surface area contributed by atoms with Crippen LogP contribution in [0.25, 0.3) is 11.3 Å². The molecule has 0 spiro atoms. The molecule has 0 aliphatic carbocycles. The number of rotatable bonds is 6. The fraction of sp³-hybridized carbons (Fsp3) is 0.111. The summed E-state index contributed by atoms with van der Waals surface area (Å²) in [4.78, 5) is 8.54. The molecule has 0 amide bonds. The van der Waals surface area contributed by atoms with Crippen LogP contribution >= 0.6 is 0 Å². The second kappa shape index (κ2) is 7.42. The van der Waals surface area contributed by atoms with E-state index in [0.717, 1.165) is 16.8 Å². The van der Waals surface area contributed by atoms with Gasteiger partial charge in [0.25, 0.3) is 0 Å². The zero-order valence-corrected chi connectivity index (χ0v) is 14.4. The van der Waals surface area contributed by atoms with Crippen molar-refractivity contribution in [3.8, 4) is 17.0 Å². The molecule has 7 heteroatoms. The Bertz CT molecular complexity index is 943. The van der Waals surface area contributed by atoms with Crippen molar-refractivity contribution in [1.82, 2.24) is 14.7 Å². The van der Waals surface area contributed by atoms with E-state index in [1.165, 1.54) is 19.2 Å². The maximum atomic E-state index is 12.5. The van der Waals surface area contributed by atoms with E-state index in [0.29, 0.717) is 5.75 Å². The van der Waals surface area contributed by atoms with Crippen LogP contribution in [0.4, 0.5) is 0 Å². The normalized spacial score (nSPS) is 11.2. The van der Waals surface area contributed by atoms with Gasteiger partial charge in [-0.1, -0.05) is 6.07 Å². The first kappa shape index (κ1) is 17.1. The molecule has 25 heavy (non-hydrogen) atoms. The molecule has 0 bridgehead atoms. The average molecular weight is 355 g/mol. The number of aromatic nitrogens is 2. The van der Waals surface area contributed by atoms with Crippen molar-refractivity contribution in [2.24, 2.45) is 0 Å². The van der Waals surface area contributed by atoms with Gasteiger partial charge in [-0.05, 0) is 48.0 Å². The van der Waals surface area contributed by atoms with Gasteiger partial charge in [-0.3, -0.25) is 9.97 Å². The van der Waals surface area contributed by atoms with E-state index >= 15 is 0 Å². The Balaban J connectivity index is 1.81. The first-order valence-electron chi connectivity index (χ1n) is 7.58. The first-order chi connectivity index (χ1) is 12.1. The highest BCUT2D eigenvalue weighted by atomic mass is 32.2. The lowest BCUT2D eigenvalue weighted by molar-refractivity contribution is 0.414. The summed E-state index contributed by atoms with van der Waals surface area (Å²) in [6, 6.07) is 13.5. The molecule has 3 aromatic rings. The summed E-state index contributed by atoms with van der Waals surface area (Å²) < 4.78 is 32.6. The Morgan fingerprint density at radius 2 is 1.72 bits per heavy atom. The third-order valence-electron chi connectivity index (χ3n) is 3.67. The van der Waals surface area contributed by atoms with Crippen molar-refractivity contribution in [3.63, 3.8) is 0 Å². The number of hydrogen-bond acceptors (Lipinski definition) is 5. The summed E-state index contributed by atoms with van der Waals surface area (Å²) in [7, 11) is -2.10. The summed E-state index contributed by atoms with van der Waals surface area (Å²) in [6.07, 6.45) is 5.03. The molecule has 0 aliphatic heterocycles. The third-order valence-corrected chi connectivity index (χ3v) is 5.08. The van der Waals surface area contributed by atoms with Crippen LogP contribution in [0.15, 0.2) is 72.0 Å². The van der Waals surface area contributed by atoms with E-state index in [9.17, 15) is 8.42 Å². The van der Waals surface area contributed by atoms with Crippen molar-refractivity contribution in [2.45, 2.75) is 11.4 Å². The van der Waals surface area contributed by atoms with Gasteiger partial charge in [0.15, 0.2) is 0 Å². The lowest BCUT2D eigenvalue weighted by Gasteiger charge is -2.11. The molecular formula is C18H17N3O3S. The van der Waals surface area contributed by atoms with E-state index in [-0.39, 0.29) is 11.4 Å². The molecule has 6 nitrogen and oxygen atoms in total. The molecule has 0 saturated heterocycles. The van der Waals surface area contributed by atoms with Crippen molar-refractivity contribution in [1.29, 1.82) is 0 Å². The number of sulfonamides is 1. The fourth-order valence-electron chi connectivity index (χ4n) is 2.36. The molecule has 0 aliphatic rings. The minimum atomic E-state index is -3.63. The second-order valence-corrected chi connectivity index (χ2v) is 7.01. The van der Waals surface area contributed by atoms with E-state index in [4.69, 9.17) is 4.74 Å². The number of nitrogens with one attached hydrogen (secondary N) is 1. The van der Waals surface area contributed by atoms with Crippen molar-refractivity contribution in [3.05, 3.63) is 72.7 Å². The van der Waals surface area contributed by atoms with Crippen LogP contribution in [0.5, 0.6) is 5.75 Å². The molecule has 1 aromatic carbocycles. The van der Waals surface area contributed by atoms with Crippen LogP contribution < -0.4 is 9.46 Å². The molecule has 0 fully saturated rings. The maximum Gasteiger partial charge on any atom is 0.240 e. The molecule has 2 heterocycles. The summed E-state index contributed by atoms with van der Waals surface area (Å²) in [5.41, 5.74) is 2.39. The number of hydrogen-bond donors (Lipinski definition) is 1. The van der Waals surface area contributed by atoms with E-state index in [1.54, 1.807) is 36.8 Å². The van der Waals surface area contributed by atoms with Crippen LogP contribution in [0.3, 0.4) is 0 Å². The molecule has 0 saturated carbocycles. The van der Waals surface area contributed by atoms with Gasteiger partial charge in [0.05, 0.1) is 17.7 Å². The van der Waals surface area contributed by atoms with Crippen molar-refractivity contribution in [2.75, 3.05) is 7.11 Å². The topological polar surface area (TPSA) is 81.2 Å². The highest BCUT2D eigenvalue weighted by Gasteiger charge is 2.15. The van der Waals surface area contributed by atoms with Crippen LogP contribution in [-0.2, 0) is 16.6 Å². The van der Waals surface area contributed by atoms with E-state index in [1.807, 2.05) is 18.2 Å². The van der Waals surface area contributed by atoms with Crippen LogP contribution in [0.1, 0.15) is 5.56 Å². The highest BCUT2D eigenvalue weighted by Crippen LogP contribution is 2.21. The quantitative estimate of drug-likeness (QED) is 0.735. The predicted molar refractivity (Wildman–Crippen MR) is 94.5 cm³/mol. The minimum absolute atomic E-state index is 0.139. The Hall–Kier alpha value is -2.77. The van der Waals surface area contributed by atoms with Gasteiger partial charge in [0.2, 0.25) is 10.0 Å². The number of benzene rings is 1. The third kappa shape index (κ3) is 4.01. The van der Waals surface area contributed by atoms with Crippen LogP contribution in [-0.4, -0.2) is 25.5 Å². The molecule has 0 radical (unpaired) electrons. The van der Waals surface area contributed by atoms with Crippen LogP contribution in [0.2, 0.25) is 0 Å². The van der Waals surface area contributed by atoms with Gasteiger partial charge in [0, 0.05) is 30.7 Å². The molecule has 128 valence electrons. The standard InChI is InChI=1S/C18H17N3O3S/c1-24-16-4-6-17(7-5-16)25(22,23)21-13-15-3-2-10-20-18(15)14-8-11-19-12-9-14/h2-12,21H,13H2,1H3. The summed E-state index contributed by atoms with van der Waals surface area (Å²) in [6.45, 7) is 0.139. The average Bonchev–Trinajstić information content (AvgIpc) is 2.67. The molecule has 3 rings (SSSR count). The molecule has 0 unspecified atom stereocenters. The van der Waals surface area contributed by atoms with Gasteiger partial charge in [-0.15, -0.1) is 0 Å². The Labute approximate surface area is 146 Å². The molecule has 0 atom stereocenters. The van der Waals surface area contributed by atoms with Crippen LogP contribution in [0, 0.1) is 0 Å². The minimum Gasteiger partial charge on any atom is -0.497 e. The summed E-state index contributed by atoms with van der Waals surface area (Å²) >= 11 is 0. The molecule has 1 N–H and O–H groups in total. The zero-order chi connectivity index (χ0) is 17.7. The SMILES string of the molecule is COc1ccc(S(=O)(=O)NCc2cccnc2-c2ccncc2)cc1. The number of pyridine rings is 2. The lowest BCUT2D eigenvalue weighted by Crippen LogP contribution is -2.23. The zero-order valence-electron chi connectivity index (χ0n) is 13.6. The van der Waals surface area contributed by atoms with Gasteiger partial charge >= 0.3 is 0 Å². The lowest BCUT2D eigenvalue weighted by atomic mass is 10.1. The maximum absolute atomic E-state index is 12.5. The Morgan fingerprint density at radius 3 is 2.40 bits per heavy atom. The molecular weight excluding hydrogens is 338 g/mol. The number of nitrogens with zero attached hydrogens (tertiary/aromatic N) is 2. The van der Waals surface area contributed by atoms with Crippen molar-refractivity contribution >= 4 is 10.0 Å². The van der Waals surface area contributed by atoms with E-state index in [2.05, 4.69) is 14.7 Å².